The number of hydrogen-bond acceptors (Lipinski definition) is 2. The van der Waals surface area contributed by atoms with Gasteiger partial charge in [0.2, 0.25) is 5.91 Å². The number of rotatable bonds is 2. The van der Waals surface area contributed by atoms with Crippen LogP contribution in [0.25, 0.3) is 0 Å². The van der Waals surface area contributed by atoms with Crippen molar-refractivity contribution in [2.45, 2.75) is 31.7 Å². The van der Waals surface area contributed by atoms with E-state index in [0.717, 1.165) is 25.1 Å². The summed E-state index contributed by atoms with van der Waals surface area (Å²) in [5.74, 6) is 1.32. The molecular weight excluding hydrogens is 272 g/mol. The van der Waals surface area contributed by atoms with Gasteiger partial charge in [-0.3, -0.25) is 4.79 Å². The van der Waals surface area contributed by atoms with Gasteiger partial charge in [-0.1, -0.05) is 30.2 Å². The van der Waals surface area contributed by atoms with E-state index in [1.165, 1.54) is 12.8 Å². The van der Waals surface area contributed by atoms with E-state index in [2.05, 4.69) is 0 Å². The molecule has 1 aromatic carbocycles. The van der Waals surface area contributed by atoms with E-state index in [-0.39, 0.29) is 11.9 Å². The van der Waals surface area contributed by atoms with Crippen molar-refractivity contribution in [1.29, 1.82) is 0 Å². The Kier molecular flexibility index (Phi) is 3.99. The minimum absolute atomic E-state index is 0.203. The second-order valence-electron chi connectivity index (χ2n) is 6.12. The Bertz CT molecular complexity index is 505. The molecule has 3 atom stereocenters. The first kappa shape index (κ1) is 13.9. The van der Waals surface area contributed by atoms with E-state index in [9.17, 15) is 4.79 Å². The molecule has 0 bridgehead atoms. The van der Waals surface area contributed by atoms with Gasteiger partial charge in [0.25, 0.3) is 0 Å². The summed E-state index contributed by atoms with van der Waals surface area (Å²) in [5.41, 5.74) is 7.19. The van der Waals surface area contributed by atoms with Crippen LogP contribution in [-0.2, 0) is 11.2 Å². The second kappa shape index (κ2) is 5.74. The van der Waals surface area contributed by atoms with Gasteiger partial charge < -0.3 is 10.6 Å². The van der Waals surface area contributed by atoms with Crippen LogP contribution in [0.4, 0.5) is 0 Å². The van der Waals surface area contributed by atoms with Gasteiger partial charge in [0, 0.05) is 24.2 Å². The highest BCUT2D eigenvalue weighted by molar-refractivity contribution is 6.30. The topological polar surface area (TPSA) is 46.3 Å². The van der Waals surface area contributed by atoms with Crippen molar-refractivity contribution in [2.24, 2.45) is 17.6 Å². The maximum absolute atomic E-state index is 12.4. The lowest BCUT2D eigenvalue weighted by Gasteiger charge is -2.29. The molecule has 3 nitrogen and oxygen atoms in total. The van der Waals surface area contributed by atoms with E-state index in [0.29, 0.717) is 23.3 Å². The predicted molar refractivity (Wildman–Crippen MR) is 80.5 cm³/mol. The maximum atomic E-state index is 12.4. The molecule has 1 aromatic rings. The van der Waals surface area contributed by atoms with Crippen molar-refractivity contribution in [2.75, 3.05) is 13.1 Å². The normalized spacial score (nSPS) is 29.3. The van der Waals surface area contributed by atoms with E-state index >= 15 is 0 Å². The zero-order valence-electron chi connectivity index (χ0n) is 11.6. The first-order chi connectivity index (χ1) is 9.63. The number of likely N-dealkylation sites (tertiary alicyclic amines) is 1. The van der Waals surface area contributed by atoms with Crippen molar-refractivity contribution in [1.82, 2.24) is 4.90 Å². The molecule has 1 saturated carbocycles. The van der Waals surface area contributed by atoms with Crippen LogP contribution in [0.5, 0.6) is 0 Å². The van der Waals surface area contributed by atoms with E-state index in [4.69, 9.17) is 17.3 Å². The number of halogens is 1. The predicted octanol–water partition coefficient (Wildman–Crippen LogP) is 2.47. The fourth-order valence-corrected chi connectivity index (χ4v) is 3.87. The second-order valence-corrected chi connectivity index (χ2v) is 6.56. The molecule has 2 aliphatic rings. The Labute approximate surface area is 125 Å². The molecule has 1 saturated heterocycles. The van der Waals surface area contributed by atoms with Gasteiger partial charge in [0.05, 0.1) is 6.42 Å². The van der Waals surface area contributed by atoms with Gasteiger partial charge in [-0.05, 0) is 42.4 Å². The van der Waals surface area contributed by atoms with Gasteiger partial charge >= 0.3 is 0 Å². The molecule has 20 heavy (non-hydrogen) atoms. The number of nitrogens with two attached hydrogens (primary N) is 1. The molecule has 1 aliphatic carbocycles. The maximum Gasteiger partial charge on any atom is 0.227 e. The lowest BCUT2D eigenvalue weighted by atomic mass is 9.78. The summed E-state index contributed by atoms with van der Waals surface area (Å²) in [7, 11) is 0. The van der Waals surface area contributed by atoms with Crippen molar-refractivity contribution in [3.8, 4) is 0 Å². The Morgan fingerprint density at radius 1 is 1.35 bits per heavy atom. The summed E-state index contributed by atoms with van der Waals surface area (Å²) in [5, 5.41) is 0.687. The summed E-state index contributed by atoms with van der Waals surface area (Å²) in [6.07, 6.45) is 3.98. The number of amides is 1. The van der Waals surface area contributed by atoms with Crippen LogP contribution in [0, 0.1) is 11.8 Å². The summed E-state index contributed by atoms with van der Waals surface area (Å²) in [6, 6.07) is 7.83. The van der Waals surface area contributed by atoms with E-state index < -0.39 is 0 Å². The number of hydrogen-bond donors (Lipinski definition) is 1. The van der Waals surface area contributed by atoms with Crippen LogP contribution in [0.3, 0.4) is 0 Å². The van der Waals surface area contributed by atoms with Crippen LogP contribution >= 0.6 is 11.6 Å². The molecule has 2 N–H and O–H groups in total. The molecule has 3 rings (SSSR count). The summed E-state index contributed by atoms with van der Waals surface area (Å²) >= 11 is 5.97. The molecule has 108 valence electrons. The quantitative estimate of drug-likeness (QED) is 0.910. The third-order valence-electron chi connectivity index (χ3n) is 4.75. The van der Waals surface area contributed by atoms with Crippen LogP contribution < -0.4 is 5.73 Å². The molecular formula is C16H21ClN2O. The fraction of sp³-hybridized carbons (Fsp3) is 0.562. The number of carbonyl (C=O) groups is 1. The Hall–Kier alpha value is -1.06. The third kappa shape index (κ3) is 2.84. The van der Waals surface area contributed by atoms with Crippen molar-refractivity contribution >= 4 is 17.5 Å². The molecule has 1 amide bonds. The largest absolute Gasteiger partial charge is 0.342 e. The first-order valence-electron chi connectivity index (χ1n) is 7.41. The number of carbonyl (C=O) groups excluding carboxylic acids is 1. The minimum Gasteiger partial charge on any atom is -0.342 e. The van der Waals surface area contributed by atoms with Crippen LogP contribution in [0.15, 0.2) is 24.3 Å². The van der Waals surface area contributed by atoms with Gasteiger partial charge in [0.1, 0.15) is 0 Å². The SMILES string of the molecule is NC1CCCC2CN(C(=O)Cc3cccc(Cl)c3)CC12. The van der Waals surface area contributed by atoms with Crippen molar-refractivity contribution in [3.63, 3.8) is 0 Å². The highest BCUT2D eigenvalue weighted by Gasteiger charge is 2.40. The van der Waals surface area contributed by atoms with Crippen LogP contribution in [0.1, 0.15) is 24.8 Å². The van der Waals surface area contributed by atoms with Gasteiger partial charge in [-0.2, -0.15) is 0 Å². The Balaban J connectivity index is 1.64. The van der Waals surface area contributed by atoms with Crippen LogP contribution in [0.2, 0.25) is 5.02 Å². The van der Waals surface area contributed by atoms with E-state index in [1.54, 1.807) is 0 Å². The zero-order valence-corrected chi connectivity index (χ0v) is 12.4. The smallest absolute Gasteiger partial charge is 0.227 e. The minimum atomic E-state index is 0.203. The fourth-order valence-electron chi connectivity index (χ4n) is 3.65. The Morgan fingerprint density at radius 3 is 2.95 bits per heavy atom. The highest BCUT2D eigenvalue weighted by atomic mass is 35.5. The molecule has 0 spiro atoms. The average molecular weight is 293 g/mol. The number of fused-ring (bicyclic) bond motifs is 1. The molecule has 3 unspecified atom stereocenters. The lowest BCUT2D eigenvalue weighted by Crippen LogP contribution is -2.38. The Morgan fingerprint density at radius 2 is 2.20 bits per heavy atom. The van der Waals surface area contributed by atoms with Gasteiger partial charge in [0.15, 0.2) is 0 Å². The van der Waals surface area contributed by atoms with Gasteiger partial charge in [-0.25, -0.2) is 0 Å². The summed E-state index contributed by atoms with van der Waals surface area (Å²) in [4.78, 5) is 14.4. The van der Waals surface area contributed by atoms with E-state index in [1.807, 2.05) is 29.2 Å². The molecule has 1 aliphatic heterocycles. The van der Waals surface area contributed by atoms with Crippen molar-refractivity contribution < 1.29 is 4.79 Å². The van der Waals surface area contributed by atoms with Crippen LogP contribution in [-0.4, -0.2) is 29.9 Å². The monoisotopic (exact) mass is 292 g/mol. The molecule has 2 fully saturated rings. The number of benzene rings is 1. The summed E-state index contributed by atoms with van der Waals surface area (Å²) < 4.78 is 0. The standard InChI is InChI=1S/C16H21ClN2O/c17-13-5-1-3-11(7-13)8-16(20)19-9-12-4-2-6-15(18)14(12)10-19/h1,3,5,7,12,14-15H,2,4,6,8-10,18H2. The molecule has 0 aromatic heterocycles. The van der Waals surface area contributed by atoms with Gasteiger partial charge in [-0.15, -0.1) is 0 Å². The number of nitrogens with zero attached hydrogens (tertiary/aromatic N) is 1. The van der Waals surface area contributed by atoms with Crippen molar-refractivity contribution in [3.05, 3.63) is 34.9 Å². The molecule has 0 radical (unpaired) electrons. The zero-order chi connectivity index (χ0) is 14.1. The highest BCUT2D eigenvalue weighted by Crippen LogP contribution is 2.35. The average Bonchev–Trinajstić information content (AvgIpc) is 2.84. The lowest BCUT2D eigenvalue weighted by molar-refractivity contribution is -0.129. The molecule has 4 heteroatoms. The third-order valence-corrected chi connectivity index (χ3v) is 4.99. The molecule has 1 heterocycles. The first-order valence-corrected chi connectivity index (χ1v) is 7.79. The summed E-state index contributed by atoms with van der Waals surface area (Å²) in [6.45, 7) is 1.73.